The zero-order valence-corrected chi connectivity index (χ0v) is 13.4. The fourth-order valence-corrected chi connectivity index (χ4v) is 2.46. The first kappa shape index (κ1) is 16.1. The van der Waals surface area contributed by atoms with Gasteiger partial charge in [-0.2, -0.15) is 0 Å². The van der Waals surface area contributed by atoms with Crippen LogP contribution in [0.5, 0.6) is 5.75 Å². The third kappa shape index (κ3) is 3.90. The molecule has 0 bridgehead atoms. The third-order valence-electron chi connectivity index (χ3n) is 3.80. The molecule has 0 aliphatic carbocycles. The maximum atomic E-state index is 12.3. The molecule has 120 valence electrons. The molecule has 1 aromatic carbocycles. The van der Waals surface area contributed by atoms with E-state index in [1.165, 1.54) is 0 Å². The molecule has 0 atom stereocenters. The number of carbonyl (C=O) groups excluding carboxylic acids is 2. The number of hydrogen-bond donors (Lipinski definition) is 0. The van der Waals surface area contributed by atoms with Crippen molar-refractivity contribution in [3.63, 3.8) is 0 Å². The predicted octanol–water partition coefficient (Wildman–Crippen LogP) is 1.06. The van der Waals surface area contributed by atoms with Gasteiger partial charge in [-0.25, -0.2) is 4.79 Å². The van der Waals surface area contributed by atoms with Crippen LogP contribution in [0.3, 0.4) is 0 Å². The van der Waals surface area contributed by atoms with Crippen LogP contribution in [0.15, 0.2) is 24.3 Å². The van der Waals surface area contributed by atoms with Gasteiger partial charge in [0.05, 0.1) is 13.5 Å². The van der Waals surface area contributed by atoms with E-state index in [4.69, 9.17) is 4.74 Å². The summed E-state index contributed by atoms with van der Waals surface area (Å²) in [7, 11) is 5.10. The molecule has 1 fully saturated rings. The number of urea groups is 1. The maximum absolute atomic E-state index is 12.3. The number of rotatable bonds is 3. The van der Waals surface area contributed by atoms with Gasteiger partial charge in [-0.15, -0.1) is 0 Å². The number of nitrogens with zero attached hydrogens (tertiary/aromatic N) is 3. The highest BCUT2D eigenvalue weighted by atomic mass is 16.5. The van der Waals surface area contributed by atoms with Gasteiger partial charge >= 0.3 is 6.03 Å². The lowest BCUT2D eigenvalue weighted by atomic mass is 10.1. The van der Waals surface area contributed by atoms with E-state index in [1.807, 2.05) is 29.2 Å². The normalized spacial score (nSPS) is 14.7. The summed E-state index contributed by atoms with van der Waals surface area (Å²) in [5.74, 6) is 0.883. The average Bonchev–Trinajstić information content (AvgIpc) is 2.55. The summed E-state index contributed by atoms with van der Waals surface area (Å²) in [6.07, 6.45) is 0.381. The van der Waals surface area contributed by atoms with Gasteiger partial charge in [0.15, 0.2) is 0 Å². The lowest BCUT2D eigenvalue weighted by Crippen LogP contribution is -2.53. The first-order valence-electron chi connectivity index (χ1n) is 7.38. The Hall–Kier alpha value is -2.24. The van der Waals surface area contributed by atoms with Gasteiger partial charge in [-0.05, 0) is 17.7 Å². The Labute approximate surface area is 131 Å². The Kier molecular flexibility index (Phi) is 5.25. The highest BCUT2D eigenvalue weighted by Gasteiger charge is 2.24. The fourth-order valence-electron chi connectivity index (χ4n) is 2.46. The molecule has 22 heavy (non-hydrogen) atoms. The van der Waals surface area contributed by atoms with Crippen LogP contribution in [0.25, 0.3) is 0 Å². The molecule has 1 saturated heterocycles. The smallest absolute Gasteiger partial charge is 0.319 e. The van der Waals surface area contributed by atoms with Gasteiger partial charge < -0.3 is 19.4 Å². The summed E-state index contributed by atoms with van der Waals surface area (Å²) in [6.45, 7) is 2.36. The number of methoxy groups -OCH3 is 1. The summed E-state index contributed by atoms with van der Waals surface area (Å²) in [6, 6.07) is 7.53. The number of carbonyl (C=O) groups is 2. The monoisotopic (exact) mass is 305 g/mol. The zero-order valence-electron chi connectivity index (χ0n) is 13.4. The van der Waals surface area contributed by atoms with Gasteiger partial charge in [-0.1, -0.05) is 12.1 Å². The summed E-state index contributed by atoms with van der Waals surface area (Å²) < 4.78 is 5.11. The summed E-state index contributed by atoms with van der Waals surface area (Å²) in [4.78, 5) is 29.3. The molecule has 6 nitrogen and oxygen atoms in total. The fraction of sp³-hybridized carbons (Fsp3) is 0.500. The van der Waals surface area contributed by atoms with Crippen molar-refractivity contribution in [3.05, 3.63) is 29.8 Å². The van der Waals surface area contributed by atoms with E-state index in [2.05, 4.69) is 0 Å². The average molecular weight is 305 g/mol. The van der Waals surface area contributed by atoms with Gasteiger partial charge in [0.2, 0.25) is 5.91 Å². The molecule has 3 amide bonds. The second-order valence-corrected chi connectivity index (χ2v) is 5.57. The number of amides is 3. The highest BCUT2D eigenvalue weighted by molar-refractivity contribution is 5.79. The molecule has 1 heterocycles. The largest absolute Gasteiger partial charge is 0.497 e. The van der Waals surface area contributed by atoms with E-state index < -0.39 is 0 Å². The van der Waals surface area contributed by atoms with E-state index in [9.17, 15) is 9.59 Å². The van der Waals surface area contributed by atoms with Crippen LogP contribution in [0.1, 0.15) is 5.56 Å². The zero-order chi connectivity index (χ0) is 16.1. The van der Waals surface area contributed by atoms with Crippen molar-refractivity contribution in [2.45, 2.75) is 6.42 Å². The first-order valence-corrected chi connectivity index (χ1v) is 7.38. The molecule has 6 heteroatoms. The number of ether oxygens (including phenoxy) is 1. The van der Waals surface area contributed by atoms with E-state index in [-0.39, 0.29) is 11.9 Å². The third-order valence-corrected chi connectivity index (χ3v) is 3.80. The van der Waals surface area contributed by atoms with Crippen molar-refractivity contribution < 1.29 is 14.3 Å². The van der Waals surface area contributed by atoms with Gasteiger partial charge in [0, 0.05) is 40.3 Å². The first-order chi connectivity index (χ1) is 10.5. The molecule has 1 aromatic rings. The van der Waals surface area contributed by atoms with Crippen molar-refractivity contribution in [3.8, 4) is 5.75 Å². The molecular formula is C16H23N3O3. The van der Waals surface area contributed by atoms with Crippen LogP contribution in [-0.2, 0) is 11.2 Å². The Bertz CT molecular complexity index is 520. The Morgan fingerprint density at radius 1 is 1.05 bits per heavy atom. The molecule has 0 saturated carbocycles. The van der Waals surface area contributed by atoms with Crippen molar-refractivity contribution >= 4 is 11.9 Å². The molecule has 0 radical (unpaired) electrons. The molecule has 1 aliphatic heterocycles. The second-order valence-electron chi connectivity index (χ2n) is 5.57. The molecule has 0 spiro atoms. The van der Waals surface area contributed by atoms with Crippen LogP contribution in [0.2, 0.25) is 0 Å². The maximum Gasteiger partial charge on any atom is 0.319 e. The standard InChI is InChI=1S/C16H23N3O3/c1-17(2)16(21)19-10-8-18(9-11-19)15(20)12-13-4-6-14(22-3)7-5-13/h4-7H,8-12H2,1-3H3. The van der Waals surface area contributed by atoms with E-state index in [0.29, 0.717) is 32.6 Å². The van der Waals surface area contributed by atoms with Crippen LogP contribution < -0.4 is 4.74 Å². The molecule has 0 N–H and O–H groups in total. The molecule has 0 unspecified atom stereocenters. The lowest BCUT2D eigenvalue weighted by Gasteiger charge is -2.36. The Balaban J connectivity index is 1.85. The minimum Gasteiger partial charge on any atom is -0.497 e. The van der Waals surface area contributed by atoms with Crippen LogP contribution in [0.4, 0.5) is 4.79 Å². The summed E-state index contributed by atoms with van der Waals surface area (Å²) in [5, 5.41) is 0. The summed E-state index contributed by atoms with van der Waals surface area (Å²) in [5.41, 5.74) is 0.970. The minimum absolute atomic E-state index is 0.00209. The number of hydrogen-bond acceptors (Lipinski definition) is 3. The predicted molar refractivity (Wildman–Crippen MR) is 83.9 cm³/mol. The van der Waals surface area contributed by atoms with Gasteiger partial charge in [0.1, 0.15) is 5.75 Å². The number of piperazine rings is 1. The van der Waals surface area contributed by atoms with Crippen LogP contribution in [-0.4, -0.2) is 74.0 Å². The molecule has 0 aromatic heterocycles. The van der Waals surface area contributed by atoms with Gasteiger partial charge in [0.25, 0.3) is 0 Å². The Morgan fingerprint density at radius 2 is 1.59 bits per heavy atom. The second kappa shape index (κ2) is 7.15. The molecular weight excluding hydrogens is 282 g/mol. The minimum atomic E-state index is 0.00209. The van der Waals surface area contributed by atoms with Crippen LogP contribution >= 0.6 is 0 Å². The topological polar surface area (TPSA) is 53.1 Å². The van der Waals surface area contributed by atoms with Crippen molar-refractivity contribution in [2.75, 3.05) is 47.4 Å². The van der Waals surface area contributed by atoms with Crippen molar-refractivity contribution in [1.29, 1.82) is 0 Å². The van der Waals surface area contributed by atoms with Crippen molar-refractivity contribution in [2.24, 2.45) is 0 Å². The van der Waals surface area contributed by atoms with Crippen LogP contribution in [0, 0.1) is 0 Å². The highest BCUT2D eigenvalue weighted by Crippen LogP contribution is 2.13. The van der Waals surface area contributed by atoms with Gasteiger partial charge in [-0.3, -0.25) is 4.79 Å². The molecule has 2 rings (SSSR count). The van der Waals surface area contributed by atoms with E-state index >= 15 is 0 Å². The SMILES string of the molecule is COc1ccc(CC(=O)N2CCN(C(=O)N(C)C)CC2)cc1. The lowest BCUT2D eigenvalue weighted by molar-refractivity contribution is -0.131. The quantitative estimate of drug-likeness (QED) is 0.839. The molecule has 1 aliphatic rings. The Morgan fingerprint density at radius 3 is 2.09 bits per heavy atom. The van der Waals surface area contributed by atoms with E-state index in [0.717, 1.165) is 11.3 Å². The van der Waals surface area contributed by atoms with Crippen molar-refractivity contribution in [1.82, 2.24) is 14.7 Å². The van der Waals surface area contributed by atoms with E-state index in [1.54, 1.807) is 31.0 Å². The summed E-state index contributed by atoms with van der Waals surface area (Å²) >= 11 is 0. The number of benzene rings is 1.